The summed E-state index contributed by atoms with van der Waals surface area (Å²) in [6.45, 7) is 10.8. The Hall–Kier alpha value is -2.27. The van der Waals surface area contributed by atoms with Crippen molar-refractivity contribution < 1.29 is 13.9 Å². The standard InChI is InChI=1S/C23H32N2O3/c1-17-7-9-21(19(3)14-17)27-16-20-8-10-22(28-20)23(26)24-11-5-13-25-12-4-6-18(2)15-25/h7-10,14,18H,4-6,11-13,15-16H2,1-3H3,(H,24,26). The Morgan fingerprint density at radius 1 is 1.29 bits per heavy atom. The van der Waals surface area contributed by atoms with Crippen molar-refractivity contribution in [2.45, 2.75) is 46.6 Å². The third-order valence-corrected chi connectivity index (χ3v) is 5.26. The zero-order valence-electron chi connectivity index (χ0n) is 17.3. The van der Waals surface area contributed by atoms with Gasteiger partial charge in [0.15, 0.2) is 5.76 Å². The number of piperidine rings is 1. The molecule has 0 radical (unpaired) electrons. The molecular formula is C23H32N2O3. The Labute approximate surface area is 168 Å². The third-order valence-electron chi connectivity index (χ3n) is 5.26. The summed E-state index contributed by atoms with van der Waals surface area (Å²) in [5, 5.41) is 2.95. The lowest BCUT2D eigenvalue weighted by atomic mass is 10.0. The van der Waals surface area contributed by atoms with Crippen molar-refractivity contribution in [3.8, 4) is 5.75 Å². The van der Waals surface area contributed by atoms with Gasteiger partial charge in [0.2, 0.25) is 0 Å². The summed E-state index contributed by atoms with van der Waals surface area (Å²) in [6.07, 6.45) is 3.58. The van der Waals surface area contributed by atoms with Crippen molar-refractivity contribution in [1.29, 1.82) is 0 Å². The van der Waals surface area contributed by atoms with E-state index in [0.29, 0.717) is 24.7 Å². The predicted octanol–water partition coefficient (Wildman–Crippen LogP) is 4.33. The van der Waals surface area contributed by atoms with Crippen molar-refractivity contribution in [3.63, 3.8) is 0 Å². The molecule has 5 nitrogen and oxygen atoms in total. The van der Waals surface area contributed by atoms with Crippen molar-refractivity contribution in [3.05, 3.63) is 53.0 Å². The highest BCUT2D eigenvalue weighted by Crippen LogP contribution is 2.20. The summed E-state index contributed by atoms with van der Waals surface area (Å²) in [6, 6.07) is 9.58. The molecule has 0 saturated carbocycles. The number of nitrogens with zero attached hydrogens (tertiary/aromatic N) is 1. The van der Waals surface area contributed by atoms with E-state index >= 15 is 0 Å². The molecule has 1 aliphatic rings. The first-order valence-electron chi connectivity index (χ1n) is 10.3. The van der Waals surface area contributed by atoms with Crippen LogP contribution in [-0.4, -0.2) is 37.0 Å². The van der Waals surface area contributed by atoms with Crippen molar-refractivity contribution in [2.75, 3.05) is 26.2 Å². The summed E-state index contributed by atoms with van der Waals surface area (Å²) >= 11 is 0. The van der Waals surface area contributed by atoms with E-state index in [1.807, 2.05) is 19.1 Å². The van der Waals surface area contributed by atoms with Crippen LogP contribution in [0.2, 0.25) is 0 Å². The van der Waals surface area contributed by atoms with Gasteiger partial charge in [0.25, 0.3) is 5.91 Å². The lowest BCUT2D eigenvalue weighted by Crippen LogP contribution is -2.36. The number of rotatable bonds is 8. The fraction of sp³-hybridized carbons (Fsp3) is 0.522. The fourth-order valence-electron chi connectivity index (χ4n) is 3.77. The van der Waals surface area contributed by atoms with Crippen molar-refractivity contribution in [2.24, 2.45) is 5.92 Å². The van der Waals surface area contributed by atoms with Gasteiger partial charge in [-0.05, 0) is 75.9 Å². The minimum absolute atomic E-state index is 0.162. The monoisotopic (exact) mass is 384 g/mol. The van der Waals surface area contributed by atoms with Gasteiger partial charge in [-0.3, -0.25) is 4.79 Å². The summed E-state index contributed by atoms with van der Waals surface area (Å²) in [4.78, 5) is 14.8. The van der Waals surface area contributed by atoms with E-state index in [1.165, 1.54) is 31.5 Å². The number of carbonyl (C=O) groups excluding carboxylic acids is 1. The molecule has 1 unspecified atom stereocenters. The van der Waals surface area contributed by atoms with Crippen LogP contribution in [-0.2, 0) is 6.61 Å². The summed E-state index contributed by atoms with van der Waals surface area (Å²) in [5.41, 5.74) is 2.30. The topological polar surface area (TPSA) is 54.7 Å². The smallest absolute Gasteiger partial charge is 0.286 e. The number of carbonyl (C=O) groups is 1. The van der Waals surface area contributed by atoms with Crippen LogP contribution in [0.5, 0.6) is 5.75 Å². The van der Waals surface area contributed by atoms with E-state index in [1.54, 1.807) is 12.1 Å². The van der Waals surface area contributed by atoms with E-state index in [4.69, 9.17) is 9.15 Å². The summed E-state index contributed by atoms with van der Waals surface area (Å²) in [5.74, 6) is 2.44. The molecule has 1 N–H and O–H groups in total. The highest BCUT2D eigenvalue weighted by Gasteiger charge is 2.16. The Kier molecular flexibility index (Phi) is 7.15. The van der Waals surface area contributed by atoms with Crippen LogP contribution in [0.15, 0.2) is 34.7 Å². The van der Waals surface area contributed by atoms with Gasteiger partial charge in [-0.15, -0.1) is 0 Å². The molecule has 1 amide bonds. The number of aryl methyl sites for hydroxylation is 2. The molecule has 28 heavy (non-hydrogen) atoms. The molecule has 1 atom stereocenters. The van der Waals surface area contributed by atoms with Gasteiger partial charge >= 0.3 is 0 Å². The number of amides is 1. The lowest BCUT2D eigenvalue weighted by Gasteiger charge is -2.30. The number of benzene rings is 1. The van der Waals surface area contributed by atoms with E-state index in [9.17, 15) is 4.79 Å². The molecule has 152 valence electrons. The molecule has 1 aromatic carbocycles. The van der Waals surface area contributed by atoms with Gasteiger partial charge in [-0.2, -0.15) is 0 Å². The van der Waals surface area contributed by atoms with Gasteiger partial charge < -0.3 is 19.4 Å². The first-order valence-corrected chi connectivity index (χ1v) is 10.3. The second-order valence-corrected chi connectivity index (χ2v) is 7.98. The van der Waals surface area contributed by atoms with Gasteiger partial charge in [0, 0.05) is 13.1 Å². The highest BCUT2D eigenvalue weighted by molar-refractivity contribution is 5.91. The number of likely N-dealkylation sites (tertiary alicyclic amines) is 1. The molecule has 0 bridgehead atoms. The van der Waals surface area contributed by atoms with Crippen LogP contribution in [0.4, 0.5) is 0 Å². The van der Waals surface area contributed by atoms with Crippen molar-refractivity contribution in [1.82, 2.24) is 10.2 Å². The van der Waals surface area contributed by atoms with Crippen LogP contribution in [0.25, 0.3) is 0 Å². The largest absolute Gasteiger partial charge is 0.485 e. The molecule has 3 rings (SSSR count). The van der Waals surface area contributed by atoms with Crippen LogP contribution in [0.1, 0.15) is 53.6 Å². The van der Waals surface area contributed by atoms with E-state index in [0.717, 1.165) is 30.2 Å². The maximum atomic E-state index is 12.3. The third kappa shape index (κ3) is 5.86. The van der Waals surface area contributed by atoms with E-state index in [-0.39, 0.29) is 5.91 Å². The molecule has 5 heteroatoms. The molecule has 1 aromatic heterocycles. The second-order valence-electron chi connectivity index (χ2n) is 7.98. The Bertz CT molecular complexity index is 784. The van der Waals surface area contributed by atoms with Crippen LogP contribution in [0.3, 0.4) is 0 Å². The first-order chi connectivity index (χ1) is 13.5. The maximum Gasteiger partial charge on any atom is 0.286 e. The molecule has 2 aromatic rings. The van der Waals surface area contributed by atoms with Crippen LogP contribution in [0, 0.1) is 19.8 Å². The number of ether oxygens (including phenoxy) is 1. The zero-order chi connectivity index (χ0) is 19.9. The summed E-state index contributed by atoms with van der Waals surface area (Å²) < 4.78 is 11.5. The van der Waals surface area contributed by atoms with Crippen LogP contribution < -0.4 is 10.1 Å². The minimum atomic E-state index is -0.162. The Morgan fingerprint density at radius 2 is 2.14 bits per heavy atom. The van der Waals surface area contributed by atoms with Gasteiger partial charge in [0.05, 0.1) is 0 Å². The molecule has 1 saturated heterocycles. The summed E-state index contributed by atoms with van der Waals surface area (Å²) in [7, 11) is 0. The molecule has 0 spiro atoms. The lowest BCUT2D eigenvalue weighted by molar-refractivity contribution is 0.0918. The number of nitrogens with one attached hydrogen (secondary N) is 1. The van der Waals surface area contributed by atoms with Gasteiger partial charge in [-0.1, -0.05) is 24.6 Å². The quantitative estimate of drug-likeness (QED) is 0.689. The molecular weight excluding hydrogens is 352 g/mol. The number of furan rings is 1. The number of hydrogen-bond acceptors (Lipinski definition) is 4. The normalized spacial score (nSPS) is 17.5. The highest BCUT2D eigenvalue weighted by atomic mass is 16.5. The first kappa shape index (κ1) is 20.5. The number of hydrogen-bond donors (Lipinski definition) is 1. The van der Waals surface area contributed by atoms with Crippen molar-refractivity contribution >= 4 is 5.91 Å². The Morgan fingerprint density at radius 3 is 2.93 bits per heavy atom. The SMILES string of the molecule is Cc1ccc(OCc2ccc(C(=O)NCCCN3CCCC(C)C3)o2)c(C)c1. The zero-order valence-corrected chi connectivity index (χ0v) is 17.3. The van der Waals surface area contributed by atoms with Crippen LogP contribution >= 0.6 is 0 Å². The fourth-order valence-corrected chi connectivity index (χ4v) is 3.77. The van der Waals surface area contributed by atoms with Gasteiger partial charge in [-0.25, -0.2) is 0 Å². The van der Waals surface area contributed by atoms with E-state index < -0.39 is 0 Å². The van der Waals surface area contributed by atoms with E-state index in [2.05, 4.69) is 30.1 Å². The molecule has 1 aliphatic heterocycles. The second kappa shape index (κ2) is 9.78. The average molecular weight is 385 g/mol. The molecule has 0 aliphatic carbocycles. The Balaban J connectivity index is 1.39. The predicted molar refractivity (Wildman–Crippen MR) is 111 cm³/mol. The molecule has 2 heterocycles. The molecule has 1 fully saturated rings. The maximum absolute atomic E-state index is 12.3. The van der Waals surface area contributed by atoms with Gasteiger partial charge in [0.1, 0.15) is 18.1 Å². The average Bonchev–Trinajstić information content (AvgIpc) is 3.14. The minimum Gasteiger partial charge on any atom is -0.485 e.